The van der Waals surface area contributed by atoms with Gasteiger partial charge in [-0.1, -0.05) is 18.2 Å². The Balaban J connectivity index is 1.53. The molecule has 1 aromatic rings. The first kappa shape index (κ1) is 19.2. The summed E-state index contributed by atoms with van der Waals surface area (Å²) in [6.45, 7) is 6.58. The van der Waals surface area contributed by atoms with Crippen molar-refractivity contribution in [2.24, 2.45) is 11.8 Å². The van der Waals surface area contributed by atoms with E-state index >= 15 is 0 Å². The molecule has 2 fully saturated rings. The molecule has 0 N–H and O–H groups in total. The molecule has 1 aliphatic carbocycles. The fraction of sp³-hybridized carbons (Fsp3) is 0.550. The van der Waals surface area contributed by atoms with Crippen LogP contribution in [-0.4, -0.2) is 67.0 Å². The minimum atomic E-state index is -0.328. The van der Waals surface area contributed by atoms with Gasteiger partial charge in [0.1, 0.15) is 0 Å². The van der Waals surface area contributed by atoms with E-state index < -0.39 is 0 Å². The van der Waals surface area contributed by atoms with Crippen molar-refractivity contribution >= 4 is 23.6 Å². The van der Waals surface area contributed by atoms with E-state index in [1.807, 2.05) is 37.3 Å². The van der Waals surface area contributed by atoms with Crippen LogP contribution in [0.5, 0.6) is 0 Å². The fourth-order valence-electron chi connectivity index (χ4n) is 3.57. The molecule has 2 atom stereocenters. The Morgan fingerprint density at radius 3 is 2.22 bits per heavy atom. The third-order valence-electron chi connectivity index (χ3n) is 5.19. The largest absolute Gasteiger partial charge is 0.450 e. The normalized spacial score (nSPS) is 21.6. The Bertz CT molecular complexity index is 686. The molecule has 1 aromatic carbocycles. The number of hydrogen-bond donors (Lipinski definition) is 0. The molecule has 7 nitrogen and oxygen atoms in total. The third kappa shape index (κ3) is 4.23. The standard InChI is InChI=1S/C20H27N3O4/c1-3-23(15-8-6-5-7-9-15)19(25)17-14-16(17)18(24)21-10-12-22(13-11-21)20(26)27-4-2/h5-9,16-17H,3-4,10-14H2,1-2H3. The Morgan fingerprint density at radius 1 is 1.00 bits per heavy atom. The maximum Gasteiger partial charge on any atom is 0.409 e. The van der Waals surface area contributed by atoms with Gasteiger partial charge in [0.15, 0.2) is 0 Å². The monoisotopic (exact) mass is 373 g/mol. The molecule has 0 bridgehead atoms. The fourth-order valence-corrected chi connectivity index (χ4v) is 3.57. The van der Waals surface area contributed by atoms with E-state index in [2.05, 4.69) is 0 Å². The second-order valence-electron chi connectivity index (χ2n) is 6.88. The molecule has 2 aliphatic rings. The first-order valence-corrected chi connectivity index (χ1v) is 9.63. The lowest BCUT2D eigenvalue weighted by Gasteiger charge is -2.34. The van der Waals surface area contributed by atoms with Gasteiger partial charge in [0, 0.05) is 38.4 Å². The molecular weight excluding hydrogens is 346 g/mol. The first-order chi connectivity index (χ1) is 13.1. The van der Waals surface area contributed by atoms with Gasteiger partial charge in [-0.05, 0) is 32.4 Å². The molecule has 1 aliphatic heterocycles. The zero-order chi connectivity index (χ0) is 19.4. The maximum atomic E-state index is 12.8. The Labute approximate surface area is 159 Å². The van der Waals surface area contributed by atoms with Gasteiger partial charge < -0.3 is 19.4 Å². The van der Waals surface area contributed by atoms with Crippen LogP contribution in [0, 0.1) is 11.8 Å². The number of nitrogens with zero attached hydrogens (tertiary/aromatic N) is 3. The summed E-state index contributed by atoms with van der Waals surface area (Å²) in [4.78, 5) is 42.5. The summed E-state index contributed by atoms with van der Waals surface area (Å²) >= 11 is 0. The molecule has 7 heteroatoms. The quantitative estimate of drug-likeness (QED) is 0.791. The summed E-state index contributed by atoms with van der Waals surface area (Å²) < 4.78 is 5.00. The predicted molar refractivity (Wildman–Crippen MR) is 101 cm³/mol. The summed E-state index contributed by atoms with van der Waals surface area (Å²) in [7, 11) is 0. The molecule has 2 unspecified atom stereocenters. The van der Waals surface area contributed by atoms with Gasteiger partial charge >= 0.3 is 6.09 Å². The van der Waals surface area contributed by atoms with E-state index in [4.69, 9.17) is 4.74 Å². The lowest BCUT2D eigenvalue weighted by atomic mass is 10.2. The number of ether oxygens (including phenoxy) is 1. The van der Waals surface area contributed by atoms with E-state index in [-0.39, 0.29) is 29.7 Å². The number of hydrogen-bond acceptors (Lipinski definition) is 4. The zero-order valence-corrected chi connectivity index (χ0v) is 16.0. The van der Waals surface area contributed by atoms with Crippen molar-refractivity contribution in [3.8, 4) is 0 Å². The molecular formula is C20H27N3O4. The van der Waals surface area contributed by atoms with Crippen molar-refractivity contribution in [3.63, 3.8) is 0 Å². The second-order valence-corrected chi connectivity index (χ2v) is 6.88. The van der Waals surface area contributed by atoms with Gasteiger partial charge in [-0.2, -0.15) is 0 Å². The van der Waals surface area contributed by atoms with Gasteiger partial charge in [-0.3, -0.25) is 9.59 Å². The topological polar surface area (TPSA) is 70.2 Å². The Hall–Kier alpha value is -2.57. The van der Waals surface area contributed by atoms with Crippen molar-refractivity contribution in [2.45, 2.75) is 20.3 Å². The van der Waals surface area contributed by atoms with Gasteiger partial charge in [0.05, 0.1) is 18.4 Å². The number of piperazine rings is 1. The highest BCUT2D eigenvalue weighted by Gasteiger charge is 2.51. The minimum absolute atomic E-state index is 0.0206. The molecule has 0 spiro atoms. The number of anilines is 1. The summed E-state index contributed by atoms with van der Waals surface area (Å²) in [5.41, 5.74) is 0.867. The smallest absolute Gasteiger partial charge is 0.409 e. The van der Waals surface area contributed by atoms with Gasteiger partial charge in [-0.15, -0.1) is 0 Å². The molecule has 0 radical (unpaired) electrons. The van der Waals surface area contributed by atoms with Crippen molar-refractivity contribution in [1.29, 1.82) is 0 Å². The highest BCUT2D eigenvalue weighted by Crippen LogP contribution is 2.42. The molecule has 146 valence electrons. The maximum absolute atomic E-state index is 12.8. The van der Waals surface area contributed by atoms with Crippen LogP contribution >= 0.6 is 0 Å². The first-order valence-electron chi connectivity index (χ1n) is 9.63. The summed E-state index contributed by atoms with van der Waals surface area (Å²) in [6.07, 6.45) is 0.282. The molecule has 1 saturated carbocycles. The highest BCUT2D eigenvalue weighted by molar-refractivity contribution is 6.01. The van der Waals surface area contributed by atoms with Crippen molar-refractivity contribution in [3.05, 3.63) is 30.3 Å². The van der Waals surface area contributed by atoms with Crippen LogP contribution in [0.3, 0.4) is 0 Å². The van der Waals surface area contributed by atoms with Crippen molar-refractivity contribution < 1.29 is 19.1 Å². The molecule has 1 saturated heterocycles. The van der Waals surface area contributed by atoms with Crippen LogP contribution in [0.25, 0.3) is 0 Å². The summed E-state index contributed by atoms with van der Waals surface area (Å²) in [5, 5.41) is 0. The van der Waals surface area contributed by atoms with Crippen LogP contribution in [0.4, 0.5) is 10.5 Å². The SMILES string of the molecule is CCOC(=O)N1CCN(C(=O)C2CC2C(=O)N(CC)c2ccccc2)CC1. The third-order valence-corrected chi connectivity index (χ3v) is 5.19. The molecule has 1 heterocycles. The number of benzene rings is 1. The van der Waals surface area contributed by atoms with Gasteiger partial charge in [0.25, 0.3) is 0 Å². The average molecular weight is 373 g/mol. The Morgan fingerprint density at radius 2 is 1.63 bits per heavy atom. The molecule has 3 rings (SSSR count). The number of para-hydroxylation sites is 1. The minimum Gasteiger partial charge on any atom is -0.450 e. The number of carbonyl (C=O) groups is 3. The van der Waals surface area contributed by atoms with Gasteiger partial charge in [0.2, 0.25) is 11.8 Å². The van der Waals surface area contributed by atoms with E-state index in [1.165, 1.54) is 0 Å². The van der Waals surface area contributed by atoms with Crippen LogP contribution in [0.15, 0.2) is 30.3 Å². The number of rotatable bonds is 5. The van der Waals surface area contributed by atoms with Gasteiger partial charge in [-0.25, -0.2) is 4.79 Å². The second kappa shape index (κ2) is 8.41. The van der Waals surface area contributed by atoms with Crippen LogP contribution in [-0.2, 0) is 14.3 Å². The zero-order valence-electron chi connectivity index (χ0n) is 16.0. The molecule has 27 heavy (non-hydrogen) atoms. The van der Waals surface area contributed by atoms with Crippen molar-refractivity contribution in [2.75, 3.05) is 44.2 Å². The van der Waals surface area contributed by atoms with E-state index in [0.717, 1.165) is 5.69 Å². The lowest BCUT2D eigenvalue weighted by molar-refractivity contribution is -0.135. The highest BCUT2D eigenvalue weighted by atomic mass is 16.6. The number of amides is 3. The predicted octanol–water partition coefficient (Wildman–Crippen LogP) is 1.98. The van der Waals surface area contributed by atoms with E-state index in [1.54, 1.807) is 21.6 Å². The lowest BCUT2D eigenvalue weighted by Crippen LogP contribution is -2.51. The Kier molecular flexibility index (Phi) is 5.98. The van der Waals surface area contributed by atoms with Crippen LogP contribution in [0.1, 0.15) is 20.3 Å². The van der Waals surface area contributed by atoms with Crippen LogP contribution < -0.4 is 4.90 Å². The number of carbonyl (C=O) groups excluding carboxylic acids is 3. The molecule has 0 aromatic heterocycles. The average Bonchev–Trinajstić information content (AvgIpc) is 3.50. The van der Waals surface area contributed by atoms with E-state index in [0.29, 0.717) is 45.8 Å². The van der Waals surface area contributed by atoms with Crippen LogP contribution in [0.2, 0.25) is 0 Å². The summed E-state index contributed by atoms with van der Waals surface area (Å²) in [5.74, 6) is -0.418. The van der Waals surface area contributed by atoms with E-state index in [9.17, 15) is 14.4 Å². The summed E-state index contributed by atoms with van der Waals surface area (Å²) in [6, 6.07) is 9.55. The molecule has 3 amide bonds. The van der Waals surface area contributed by atoms with Crippen molar-refractivity contribution in [1.82, 2.24) is 9.80 Å².